The van der Waals surface area contributed by atoms with Gasteiger partial charge < -0.3 is 4.74 Å². The smallest absolute Gasteiger partial charge is 0.338 e. The Labute approximate surface area is 128 Å². The van der Waals surface area contributed by atoms with Crippen molar-refractivity contribution in [1.29, 1.82) is 0 Å². The molecule has 0 saturated carbocycles. The summed E-state index contributed by atoms with van der Waals surface area (Å²) in [5, 5.41) is 0. The van der Waals surface area contributed by atoms with Gasteiger partial charge in [0.25, 0.3) is 9.05 Å². The molecule has 0 aromatic heterocycles. The van der Waals surface area contributed by atoms with Crippen LogP contribution in [0, 0.1) is 12.7 Å². The van der Waals surface area contributed by atoms with E-state index in [2.05, 4.69) is 6.92 Å². The molecule has 0 saturated heterocycles. The molecule has 0 unspecified atom stereocenters. The summed E-state index contributed by atoms with van der Waals surface area (Å²) in [6.07, 6.45) is 3.76. The van der Waals surface area contributed by atoms with Crippen LogP contribution in [0.5, 0.6) is 0 Å². The Morgan fingerprint density at radius 3 is 2.52 bits per heavy atom. The van der Waals surface area contributed by atoms with Gasteiger partial charge in [-0.05, 0) is 31.0 Å². The number of benzene rings is 1. The van der Waals surface area contributed by atoms with Crippen LogP contribution in [0.25, 0.3) is 0 Å². The van der Waals surface area contributed by atoms with E-state index in [9.17, 15) is 17.6 Å². The summed E-state index contributed by atoms with van der Waals surface area (Å²) in [6, 6.07) is 1.74. The Morgan fingerprint density at radius 1 is 1.29 bits per heavy atom. The molecule has 0 atom stereocenters. The van der Waals surface area contributed by atoms with Gasteiger partial charge in [-0.3, -0.25) is 0 Å². The fourth-order valence-electron chi connectivity index (χ4n) is 1.89. The van der Waals surface area contributed by atoms with Crippen LogP contribution in [0.4, 0.5) is 4.39 Å². The van der Waals surface area contributed by atoms with E-state index in [4.69, 9.17) is 15.4 Å². The Balaban J connectivity index is 2.88. The van der Waals surface area contributed by atoms with Gasteiger partial charge in [0.1, 0.15) is 5.82 Å². The number of carbonyl (C=O) groups is 1. The van der Waals surface area contributed by atoms with Gasteiger partial charge in [0.15, 0.2) is 0 Å². The molecule has 21 heavy (non-hydrogen) atoms. The zero-order valence-electron chi connectivity index (χ0n) is 12.0. The fourth-order valence-corrected chi connectivity index (χ4v) is 3.10. The molecule has 0 aliphatic carbocycles. The lowest BCUT2D eigenvalue weighted by atomic mass is 10.1. The summed E-state index contributed by atoms with van der Waals surface area (Å²) in [7, 11) is 1.11. The molecular formula is C14H18ClFO4S. The van der Waals surface area contributed by atoms with Crippen molar-refractivity contribution >= 4 is 25.7 Å². The van der Waals surface area contributed by atoms with Gasteiger partial charge in [0.05, 0.1) is 17.1 Å². The monoisotopic (exact) mass is 336 g/mol. The molecule has 4 nitrogen and oxygen atoms in total. The zero-order valence-corrected chi connectivity index (χ0v) is 13.6. The predicted molar refractivity (Wildman–Crippen MR) is 78.6 cm³/mol. The maximum atomic E-state index is 13.5. The Kier molecular flexibility index (Phi) is 6.61. The van der Waals surface area contributed by atoms with Crippen LogP contribution in [0.2, 0.25) is 0 Å². The number of halogens is 2. The molecule has 1 aromatic carbocycles. The predicted octanol–water partition coefficient (Wildman–Crippen LogP) is 3.80. The van der Waals surface area contributed by atoms with Crippen LogP contribution in [0.1, 0.15) is 48.5 Å². The molecule has 7 heteroatoms. The first-order valence-corrected chi connectivity index (χ1v) is 9.00. The van der Waals surface area contributed by atoms with E-state index in [1.165, 1.54) is 6.92 Å². The van der Waals surface area contributed by atoms with E-state index in [0.717, 1.165) is 31.4 Å². The minimum absolute atomic E-state index is 0.0879. The minimum atomic E-state index is -4.12. The molecule has 0 amide bonds. The van der Waals surface area contributed by atoms with Gasteiger partial charge in [0.2, 0.25) is 0 Å². The molecule has 0 aliphatic heterocycles. The van der Waals surface area contributed by atoms with Crippen molar-refractivity contribution in [2.24, 2.45) is 0 Å². The summed E-state index contributed by atoms with van der Waals surface area (Å²) in [5.74, 6) is -1.59. The lowest BCUT2D eigenvalue weighted by Crippen LogP contribution is -2.11. The van der Waals surface area contributed by atoms with Gasteiger partial charge in [-0.15, -0.1) is 0 Å². The topological polar surface area (TPSA) is 60.4 Å². The summed E-state index contributed by atoms with van der Waals surface area (Å²) in [5.41, 5.74) is -0.0327. The second kappa shape index (κ2) is 7.75. The van der Waals surface area contributed by atoms with Crippen molar-refractivity contribution in [3.05, 3.63) is 29.1 Å². The Morgan fingerprint density at radius 2 is 1.95 bits per heavy atom. The lowest BCUT2D eigenvalue weighted by molar-refractivity contribution is 0.0496. The molecule has 0 radical (unpaired) electrons. The number of esters is 1. The molecule has 0 spiro atoms. The highest BCUT2D eigenvalue weighted by Gasteiger charge is 2.21. The van der Waals surface area contributed by atoms with Gasteiger partial charge >= 0.3 is 5.97 Å². The molecule has 0 aliphatic rings. The first-order chi connectivity index (χ1) is 9.77. The Bertz CT molecular complexity index is 614. The highest BCUT2D eigenvalue weighted by Crippen LogP contribution is 2.24. The largest absolute Gasteiger partial charge is 0.462 e. The number of carbonyl (C=O) groups excluding carboxylic acids is 1. The SMILES string of the molecule is CCCCCCOC(=O)c1cc(F)cc(S(=O)(=O)Cl)c1C. The number of hydrogen-bond acceptors (Lipinski definition) is 4. The maximum absolute atomic E-state index is 13.5. The highest BCUT2D eigenvalue weighted by atomic mass is 35.7. The third-order valence-electron chi connectivity index (χ3n) is 3.04. The van der Waals surface area contributed by atoms with Crippen LogP contribution in [-0.4, -0.2) is 21.0 Å². The van der Waals surface area contributed by atoms with Crippen LogP contribution < -0.4 is 0 Å². The number of rotatable bonds is 7. The normalized spacial score (nSPS) is 11.4. The third-order valence-corrected chi connectivity index (χ3v) is 4.49. The molecule has 0 bridgehead atoms. The molecule has 0 N–H and O–H groups in total. The van der Waals surface area contributed by atoms with Gasteiger partial charge in [-0.1, -0.05) is 26.2 Å². The van der Waals surface area contributed by atoms with Crippen molar-refractivity contribution in [2.75, 3.05) is 6.61 Å². The second-order valence-corrected chi connectivity index (χ2v) is 7.25. The number of hydrogen-bond donors (Lipinski definition) is 0. The molecule has 1 rings (SSSR count). The van der Waals surface area contributed by atoms with Crippen LogP contribution in [-0.2, 0) is 13.8 Å². The lowest BCUT2D eigenvalue weighted by Gasteiger charge is -2.10. The molecule has 1 aromatic rings. The maximum Gasteiger partial charge on any atom is 0.338 e. The van der Waals surface area contributed by atoms with Crippen molar-refractivity contribution in [3.63, 3.8) is 0 Å². The van der Waals surface area contributed by atoms with Crippen LogP contribution >= 0.6 is 10.7 Å². The first-order valence-electron chi connectivity index (χ1n) is 6.69. The van der Waals surface area contributed by atoms with Crippen molar-refractivity contribution in [1.82, 2.24) is 0 Å². The average molecular weight is 337 g/mol. The van der Waals surface area contributed by atoms with Crippen molar-refractivity contribution in [3.8, 4) is 0 Å². The summed E-state index contributed by atoms with van der Waals surface area (Å²) in [4.78, 5) is 11.5. The van der Waals surface area contributed by atoms with E-state index < -0.39 is 25.7 Å². The highest BCUT2D eigenvalue weighted by molar-refractivity contribution is 8.13. The Hall–Kier alpha value is -1.14. The van der Waals surface area contributed by atoms with Crippen LogP contribution in [0.15, 0.2) is 17.0 Å². The number of unbranched alkanes of at least 4 members (excludes halogenated alkanes) is 3. The van der Waals surface area contributed by atoms with Gasteiger partial charge in [0, 0.05) is 10.7 Å². The summed E-state index contributed by atoms with van der Waals surface area (Å²) < 4.78 is 41.2. The first kappa shape index (κ1) is 17.9. The fraction of sp³-hybridized carbons (Fsp3) is 0.500. The van der Waals surface area contributed by atoms with Crippen molar-refractivity contribution in [2.45, 2.75) is 44.4 Å². The van der Waals surface area contributed by atoms with Crippen molar-refractivity contribution < 1.29 is 22.3 Å². The van der Waals surface area contributed by atoms with E-state index in [1.54, 1.807) is 0 Å². The summed E-state index contributed by atoms with van der Waals surface area (Å²) >= 11 is 0. The number of ether oxygens (including phenoxy) is 1. The van der Waals surface area contributed by atoms with E-state index >= 15 is 0 Å². The quantitative estimate of drug-likeness (QED) is 0.431. The third kappa shape index (κ3) is 5.28. The molecule has 0 fully saturated rings. The van der Waals surface area contributed by atoms with E-state index in [1.807, 2.05) is 0 Å². The standard InChI is InChI=1S/C14H18ClFO4S/c1-3-4-5-6-7-20-14(17)12-8-11(16)9-13(10(12)2)21(15,18)19/h8-9H,3-7H2,1-2H3. The van der Waals surface area contributed by atoms with E-state index in [-0.39, 0.29) is 17.7 Å². The average Bonchev–Trinajstić information content (AvgIpc) is 2.39. The van der Waals surface area contributed by atoms with Crippen LogP contribution in [0.3, 0.4) is 0 Å². The summed E-state index contributed by atoms with van der Waals surface area (Å²) in [6.45, 7) is 3.68. The minimum Gasteiger partial charge on any atom is -0.462 e. The van der Waals surface area contributed by atoms with Gasteiger partial charge in [-0.2, -0.15) is 0 Å². The molecule has 0 heterocycles. The molecule has 118 valence electrons. The second-order valence-electron chi connectivity index (χ2n) is 4.71. The zero-order chi connectivity index (χ0) is 16.0. The molecular weight excluding hydrogens is 319 g/mol. The van der Waals surface area contributed by atoms with Gasteiger partial charge in [-0.25, -0.2) is 17.6 Å². The van der Waals surface area contributed by atoms with E-state index in [0.29, 0.717) is 6.42 Å².